The van der Waals surface area contributed by atoms with Gasteiger partial charge in [0.15, 0.2) is 5.88 Å². The Morgan fingerprint density at radius 1 is 1.89 bits per heavy atom. The highest BCUT2D eigenvalue weighted by Gasteiger charge is 2.06. The molecule has 1 aliphatic heterocycles. The fraction of sp³-hybridized carbons (Fsp3) is 0.500. The Hall–Kier alpha value is -0.570. The molecule has 1 N–H and O–H groups in total. The number of thiocarbonyl (C=S) groups is 1. The highest BCUT2D eigenvalue weighted by Crippen LogP contribution is 2.04. The van der Waals surface area contributed by atoms with Crippen LogP contribution in [0.4, 0.5) is 0 Å². The zero-order valence-corrected chi connectivity index (χ0v) is 6.12. The molecule has 0 radical (unpaired) electrons. The number of hydrogen-bond donors (Lipinski definition) is 1. The van der Waals surface area contributed by atoms with Gasteiger partial charge < -0.3 is 10.1 Å². The van der Waals surface area contributed by atoms with Crippen molar-refractivity contribution in [2.45, 2.75) is 13.3 Å². The van der Waals surface area contributed by atoms with E-state index in [9.17, 15) is 0 Å². The molecule has 2 nitrogen and oxygen atoms in total. The second-order valence-corrected chi connectivity index (χ2v) is 2.25. The molecule has 0 bridgehead atoms. The third-order valence-electron chi connectivity index (χ3n) is 1.04. The van der Waals surface area contributed by atoms with Crippen LogP contribution in [0.5, 0.6) is 0 Å². The first-order valence-corrected chi connectivity index (χ1v) is 3.36. The van der Waals surface area contributed by atoms with E-state index in [1.54, 1.807) is 0 Å². The Balaban J connectivity index is 2.36. The van der Waals surface area contributed by atoms with Crippen molar-refractivity contribution in [3.8, 4) is 0 Å². The highest BCUT2D eigenvalue weighted by atomic mass is 32.1. The van der Waals surface area contributed by atoms with Crippen molar-refractivity contribution in [3.63, 3.8) is 0 Å². The predicted octanol–water partition coefficient (Wildman–Crippen LogP) is 1.19. The lowest BCUT2D eigenvalue weighted by molar-refractivity contribution is 0.219. The van der Waals surface area contributed by atoms with Crippen molar-refractivity contribution >= 4 is 17.2 Å². The average Bonchev–Trinajstić information content (AvgIpc) is 2.17. The van der Waals surface area contributed by atoms with E-state index >= 15 is 0 Å². The Morgan fingerprint density at radius 3 is 3.11 bits per heavy atom. The first-order chi connectivity index (χ1) is 4.33. The van der Waals surface area contributed by atoms with Crippen molar-refractivity contribution < 1.29 is 4.74 Å². The van der Waals surface area contributed by atoms with E-state index < -0.39 is 0 Å². The summed E-state index contributed by atoms with van der Waals surface area (Å²) in [5.74, 6) is 0.808. The molecule has 0 aromatic carbocycles. The van der Waals surface area contributed by atoms with Crippen molar-refractivity contribution in [2.24, 2.45) is 0 Å². The van der Waals surface area contributed by atoms with Gasteiger partial charge in [0.05, 0.1) is 11.6 Å². The van der Waals surface area contributed by atoms with Crippen molar-refractivity contribution in [1.29, 1.82) is 0 Å². The van der Waals surface area contributed by atoms with Gasteiger partial charge in [-0.15, -0.1) is 0 Å². The van der Waals surface area contributed by atoms with Crippen molar-refractivity contribution in [3.05, 3.63) is 12.0 Å². The summed E-state index contributed by atoms with van der Waals surface area (Å²) in [7, 11) is 0. The lowest BCUT2D eigenvalue weighted by Crippen LogP contribution is -2.14. The maximum atomic E-state index is 5.14. The average molecular weight is 143 g/mol. The Kier molecular flexibility index (Phi) is 2.05. The summed E-state index contributed by atoms with van der Waals surface area (Å²) in [6, 6.07) is 0. The van der Waals surface area contributed by atoms with Gasteiger partial charge in [0.1, 0.15) is 0 Å². The molecule has 1 rings (SSSR count). The first kappa shape index (κ1) is 6.55. The third-order valence-corrected chi connectivity index (χ3v) is 1.30. The Bertz CT molecular complexity index is 153. The van der Waals surface area contributed by atoms with E-state index in [2.05, 4.69) is 5.32 Å². The van der Waals surface area contributed by atoms with Crippen molar-refractivity contribution in [2.75, 3.05) is 6.61 Å². The number of rotatable bonds is 2. The molecule has 0 aliphatic carbocycles. The van der Waals surface area contributed by atoms with Gasteiger partial charge >= 0.3 is 0 Å². The van der Waals surface area contributed by atoms with E-state index in [-0.39, 0.29) is 0 Å². The molecule has 0 atom stereocenters. The number of hydrogen-bond acceptors (Lipinski definition) is 2. The van der Waals surface area contributed by atoms with Crippen LogP contribution < -0.4 is 5.32 Å². The van der Waals surface area contributed by atoms with Crippen LogP contribution in [0.25, 0.3) is 0 Å². The molecular weight excluding hydrogens is 134 g/mol. The van der Waals surface area contributed by atoms with E-state index in [0.717, 1.165) is 17.3 Å². The Morgan fingerprint density at radius 2 is 2.67 bits per heavy atom. The van der Waals surface area contributed by atoms with Crippen LogP contribution >= 0.6 is 12.2 Å². The van der Waals surface area contributed by atoms with Gasteiger partial charge in [0.2, 0.25) is 0 Å². The minimum Gasteiger partial charge on any atom is -0.479 e. The van der Waals surface area contributed by atoms with E-state index in [4.69, 9.17) is 17.0 Å². The fourth-order valence-electron chi connectivity index (χ4n) is 0.675. The Labute approximate surface area is 59.9 Å². The normalized spacial score (nSPS) is 17.0. The van der Waals surface area contributed by atoms with Crippen LogP contribution in [-0.4, -0.2) is 11.6 Å². The molecular formula is C6H9NOS. The van der Waals surface area contributed by atoms with Crippen LogP contribution in [0, 0.1) is 0 Å². The molecule has 0 aromatic rings. The highest BCUT2D eigenvalue weighted by molar-refractivity contribution is 7.80. The minimum absolute atomic E-state index is 0.696. The summed E-state index contributed by atoms with van der Waals surface area (Å²) in [4.78, 5) is 0.846. The minimum atomic E-state index is 0.696. The van der Waals surface area contributed by atoms with Gasteiger partial charge in [-0.3, -0.25) is 0 Å². The zero-order valence-electron chi connectivity index (χ0n) is 5.31. The number of ether oxygens (including phenoxy) is 1. The van der Waals surface area contributed by atoms with Crippen LogP contribution in [0.3, 0.4) is 0 Å². The van der Waals surface area contributed by atoms with E-state index in [0.29, 0.717) is 6.61 Å². The molecule has 0 aromatic heterocycles. The molecule has 1 aliphatic rings. The third kappa shape index (κ3) is 1.68. The standard InChI is InChI=1S/C6H9NOS/c1-2-8-5-3-4-6(9)7-5/h3H,2,4H2,1H3,(H,7,9). The summed E-state index contributed by atoms with van der Waals surface area (Å²) < 4.78 is 5.14. The molecule has 0 fully saturated rings. The van der Waals surface area contributed by atoms with Crippen LogP contribution in [0.15, 0.2) is 12.0 Å². The predicted molar refractivity (Wildman–Crippen MR) is 40.1 cm³/mol. The van der Waals surface area contributed by atoms with Crippen LogP contribution in [-0.2, 0) is 4.74 Å². The molecule has 0 saturated carbocycles. The topological polar surface area (TPSA) is 21.3 Å². The molecule has 1 heterocycles. The van der Waals surface area contributed by atoms with E-state index in [1.807, 2.05) is 13.0 Å². The molecule has 0 saturated heterocycles. The second kappa shape index (κ2) is 2.82. The van der Waals surface area contributed by atoms with E-state index in [1.165, 1.54) is 0 Å². The molecule has 0 unspecified atom stereocenters. The lowest BCUT2D eigenvalue weighted by Gasteiger charge is -2.02. The van der Waals surface area contributed by atoms with Gasteiger partial charge in [0.25, 0.3) is 0 Å². The van der Waals surface area contributed by atoms with Crippen LogP contribution in [0.1, 0.15) is 13.3 Å². The maximum Gasteiger partial charge on any atom is 0.187 e. The molecule has 9 heavy (non-hydrogen) atoms. The molecule has 50 valence electrons. The zero-order chi connectivity index (χ0) is 6.69. The van der Waals surface area contributed by atoms with Gasteiger partial charge in [-0.05, 0) is 13.0 Å². The summed E-state index contributed by atoms with van der Waals surface area (Å²) in [6.45, 7) is 2.64. The molecule has 0 amide bonds. The van der Waals surface area contributed by atoms with Gasteiger partial charge in [-0.1, -0.05) is 12.2 Å². The lowest BCUT2D eigenvalue weighted by atomic mass is 10.5. The summed E-state index contributed by atoms with van der Waals surface area (Å²) >= 11 is 4.87. The SMILES string of the molecule is CCOC1=CCC(=S)N1. The van der Waals surface area contributed by atoms with Crippen LogP contribution in [0.2, 0.25) is 0 Å². The summed E-state index contributed by atoms with van der Waals surface area (Å²) in [5, 5.41) is 2.93. The summed E-state index contributed by atoms with van der Waals surface area (Å²) in [6.07, 6.45) is 2.77. The second-order valence-electron chi connectivity index (χ2n) is 1.75. The monoisotopic (exact) mass is 143 g/mol. The van der Waals surface area contributed by atoms with Gasteiger partial charge in [-0.25, -0.2) is 0 Å². The maximum absolute atomic E-state index is 5.14. The van der Waals surface area contributed by atoms with Crippen molar-refractivity contribution in [1.82, 2.24) is 5.32 Å². The fourth-order valence-corrected chi connectivity index (χ4v) is 0.859. The van der Waals surface area contributed by atoms with Gasteiger partial charge in [-0.2, -0.15) is 0 Å². The smallest absolute Gasteiger partial charge is 0.187 e. The van der Waals surface area contributed by atoms with Gasteiger partial charge in [0, 0.05) is 6.42 Å². The quantitative estimate of drug-likeness (QED) is 0.587. The largest absolute Gasteiger partial charge is 0.479 e. The summed E-state index contributed by atoms with van der Waals surface area (Å²) in [5.41, 5.74) is 0. The molecule has 0 spiro atoms. The molecule has 3 heteroatoms. The first-order valence-electron chi connectivity index (χ1n) is 2.95. The number of nitrogens with one attached hydrogen (secondary N) is 1.